The molecular formula is C16H18N6. The number of pyridine rings is 1. The molecule has 0 radical (unpaired) electrons. The van der Waals surface area contributed by atoms with Crippen LogP contribution < -0.4 is 0 Å². The zero-order valence-electron chi connectivity index (χ0n) is 12.6. The van der Waals surface area contributed by atoms with Gasteiger partial charge >= 0.3 is 0 Å². The molecule has 3 heterocycles. The topological polar surface area (TPSA) is 60.4 Å². The minimum absolute atomic E-state index is 0.0316. The third kappa shape index (κ3) is 2.41. The molecule has 0 bridgehead atoms. The van der Waals surface area contributed by atoms with Gasteiger partial charge in [-0.1, -0.05) is 11.3 Å². The smallest absolute Gasteiger partial charge is 0.137 e. The Bertz CT molecular complexity index is 826. The van der Waals surface area contributed by atoms with Crippen LogP contribution in [-0.2, 0) is 6.54 Å². The van der Waals surface area contributed by atoms with Crippen LogP contribution in [0.1, 0.15) is 48.7 Å². The fourth-order valence-electron chi connectivity index (χ4n) is 2.64. The third-order valence-electron chi connectivity index (χ3n) is 4.15. The zero-order valence-corrected chi connectivity index (χ0v) is 12.6. The molecule has 112 valence electrons. The Labute approximate surface area is 128 Å². The van der Waals surface area contributed by atoms with Crippen LogP contribution in [0, 0.1) is 0 Å². The number of hydrogen-bond acceptors (Lipinski definition) is 4. The Morgan fingerprint density at radius 1 is 1.32 bits per heavy atom. The number of fused-ring (bicyclic) bond motifs is 1. The molecule has 0 N–H and O–H groups in total. The van der Waals surface area contributed by atoms with Crippen molar-refractivity contribution in [3.63, 3.8) is 0 Å². The first kappa shape index (κ1) is 13.2. The molecule has 0 aliphatic heterocycles. The lowest BCUT2D eigenvalue weighted by atomic mass is 10.2. The Balaban J connectivity index is 1.58. The van der Waals surface area contributed by atoms with Crippen molar-refractivity contribution >= 4 is 12.4 Å². The Morgan fingerprint density at radius 2 is 2.18 bits per heavy atom. The molecule has 0 saturated heterocycles. The molecule has 1 aliphatic rings. The summed E-state index contributed by atoms with van der Waals surface area (Å²) in [7, 11) is 0. The van der Waals surface area contributed by atoms with E-state index < -0.39 is 0 Å². The molecule has 0 aromatic carbocycles. The zero-order chi connectivity index (χ0) is 15.1. The lowest BCUT2D eigenvalue weighted by molar-refractivity contribution is 0.640. The Morgan fingerprint density at radius 3 is 2.95 bits per heavy atom. The largest absolute Gasteiger partial charge is 0.306 e. The number of imidazole rings is 1. The molecule has 1 fully saturated rings. The van der Waals surface area contributed by atoms with Crippen molar-refractivity contribution in [3.05, 3.63) is 47.7 Å². The van der Waals surface area contributed by atoms with Gasteiger partial charge in [0, 0.05) is 12.4 Å². The summed E-state index contributed by atoms with van der Waals surface area (Å²) in [4.78, 5) is 8.60. The highest BCUT2D eigenvalue weighted by atomic mass is 15.4. The van der Waals surface area contributed by atoms with E-state index in [9.17, 15) is 0 Å². The third-order valence-corrected chi connectivity index (χ3v) is 4.15. The summed E-state index contributed by atoms with van der Waals surface area (Å²) < 4.78 is 3.90. The molecule has 1 saturated carbocycles. The lowest BCUT2D eigenvalue weighted by Crippen LogP contribution is -2.00. The average molecular weight is 294 g/mol. The van der Waals surface area contributed by atoms with Crippen LogP contribution >= 0.6 is 0 Å². The van der Waals surface area contributed by atoms with Gasteiger partial charge in [0.15, 0.2) is 0 Å². The fraction of sp³-hybridized carbons (Fsp3) is 0.375. The van der Waals surface area contributed by atoms with Crippen molar-refractivity contribution in [1.82, 2.24) is 24.4 Å². The molecule has 0 amide bonds. The predicted molar refractivity (Wildman–Crippen MR) is 84.3 cm³/mol. The second kappa shape index (κ2) is 5.05. The van der Waals surface area contributed by atoms with E-state index in [-0.39, 0.29) is 6.04 Å². The summed E-state index contributed by atoms with van der Waals surface area (Å²) in [6.45, 7) is 6.10. The van der Waals surface area contributed by atoms with Gasteiger partial charge in [0.1, 0.15) is 11.3 Å². The molecule has 6 heteroatoms. The predicted octanol–water partition coefficient (Wildman–Crippen LogP) is 2.61. The molecule has 3 aromatic heterocycles. The molecular weight excluding hydrogens is 276 g/mol. The van der Waals surface area contributed by atoms with Crippen LogP contribution in [0.4, 0.5) is 0 Å². The maximum Gasteiger partial charge on any atom is 0.137 e. The van der Waals surface area contributed by atoms with Gasteiger partial charge in [-0.15, -0.1) is 5.10 Å². The Kier molecular flexibility index (Phi) is 3.03. The van der Waals surface area contributed by atoms with Crippen molar-refractivity contribution in [1.29, 1.82) is 0 Å². The highest BCUT2D eigenvalue weighted by molar-refractivity contribution is 5.42. The molecule has 1 aliphatic carbocycles. The minimum Gasteiger partial charge on any atom is -0.306 e. The number of aromatic nitrogens is 5. The van der Waals surface area contributed by atoms with Crippen molar-refractivity contribution in [2.24, 2.45) is 4.99 Å². The second-order valence-electron chi connectivity index (χ2n) is 5.93. The highest BCUT2D eigenvalue weighted by Crippen LogP contribution is 2.39. The summed E-state index contributed by atoms with van der Waals surface area (Å²) in [6, 6.07) is 4.25. The van der Waals surface area contributed by atoms with E-state index in [1.165, 1.54) is 18.4 Å². The second-order valence-corrected chi connectivity index (χ2v) is 5.93. The Hall–Kier alpha value is -2.50. The van der Waals surface area contributed by atoms with Crippen molar-refractivity contribution in [3.8, 4) is 0 Å². The van der Waals surface area contributed by atoms with Gasteiger partial charge in [0.2, 0.25) is 0 Å². The van der Waals surface area contributed by atoms with E-state index in [1.807, 2.05) is 13.1 Å². The van der Waals surface area contributed by atoms with E-state index in [0.717, 1.165) is 23.0 Å². The van der Waals surface area contributed by atoms with E-state index in [1.54, 1.807) is 4.68 Å². The normalized spacial score (nSPS) is 16.0. The standard InChI is InChI=1S/C16H18N6/c1-11(17-2)15-10-22(20-19-15)9-14-8-21-7-13(12-3-4-12)5-6-16(21)18-14/h5-8,10-12H,2-4,9H2,1H3. The van der Waals surface area contributed by atoms with Crippen LogP contribution in [0.25, 0.3) is 5.65 Å². The molecule has 4 rings (SSSR count). The summed E-state index contributed by atoms with van der Waals surface area (Å²) in [5.74, 6) is 0.751. The van der Waals surface area contributed by atoms with E-state index in [0.29, 0.717) is 6.54 Å². The van der Waals surface area contributed by atoms with E-state index >= 15 is 0 Å². The van der Waals surface area contributed by atoms with Gasteiger partial charge in [0.05, 0.1) is 24.5 Å². The summed E-state index contributed by atoms with van der Waals surface area (Å²) in [5, 5.41) is 8.26. The number of aliphatic imine (C=N–C) groups is 1. The van der Waals surface area contributed by atoms with E-state index in [4.69, 9.17) is 0 Å². The SMILES string of the molecule is C=NC(C)c1cn(Cc2cn3cc(C4CC4)ccc3n2)nn1. The number of rotatable bonds is 5. The van der Waals surface area contributed by atoms with Crippen LogP contribution in [0.5, 0.6) is 0 Å². The van der Waals surface area contributed by atoms with Gasteiger partial charge < -0.3 is 4.40 Å². The molecule has 3 aromatic rings. The molecule has 1 unspecified atom stereocenters. The lowest BCUT2D eigenvalue weighted by Gasteiger charge is -1.98. The summed E-state index contributed by atoms with van der Waals surface area (Å²) >= 11 is 0. The fourth-order valence-corrected chi connectivity index (χ4v) is 2.64. The molecule has 0 spiro atoms. The summed E-state index contributed by atoms with van der Waals surface area (Å²) in [6.07, 6.45) is 8.78. The first-order valence-electron chi connectivity index (χ1n) is 7.56. The number of nitrogens with zero attached hydrogens (tertiary/aromatic N) is 6. The minimum atomic E-state index is -0.0316. The van der Waals surface area contributed by atoms with Crippen LogP contribution in [-0.4, -0.2) is 31.1 Å². The van der Waals surface area contributed by atoms with Crippen LogP contribution in [0.15, 0.2) is 35.7 Å². The first-order chi connectivity index (χ1) is 10.7. The van der Waals surface area contributed by atoms with Crippen molar-refractivity contribution in [2.45, 2.75) is 38.3 Å². The van der Waals surface area contributed by atoms with Crippen LogP contribution in [0.3, 0.4) is 0 Å². The first-order valence-corrected chi connectivity index (χ1v) is 7.56. The van der Waals surface area contributed by atoms with Gasteiger partial charge in [-0.05, 0) is 44.0 Å². The maximum atomic E-state index is 4.64. The van der Waals surface area contributed by atoms with Crippen molar-refractivity contribution < 1.29 is 0 Å². The summed E-state index contributed by atoms with van der Waals surface area (Å²) in [5.41, 5.74) is 4.18. The van der Waals surface area contributed by atoms with E-state index in [2.05, 4.69) is 55.9 Å². The van der Waals surface area contributed by atoms with Gasteiger partial charge in [0.25, 0.3) is 0 Å². The average Bonchev–Trinajstić information content (AvgIpc) is 3.15. The molecule has 1 atom stereocenters. The monoisotopic (exact) mass is 294 g/mol. The van der Waals surface area contributed by atoms with Gasteiger partial charge in [-0.25, -0.2) is 9.67 Å². The van der Waals surface area contributed by atoms with Crippen molar-refractivity contribution in [2.75, 3.05) is 0 Å². The quantitative estimate of drug-likeness (QED) is 0.680. The van der Waals surface area contributed by atoms with Gasteiger partial charge in [-0.2, -0.15) is 0 Å². The van der Waals surface area contributed by atoms with Crippen LogP contribution in [0.2, 0.25) is 0 Å². The molecule has 6 nitrogen and oxygen atoms in total. The van der Waals surface area contributed by atoms with Gasteiger partial charge in [-0.3, -0.25) is 4.99 Å². The molecule has 22 heavy (non-hydrogen) atoms. The highest BCUT2D eigenvalue weighted by Gasteiger charge is 2.23. The number of hydrogen-bond donors (Lipinski definition) is 0. The maximum absolute atomic E-state index is 4.64.